The number of esters is 1. The van der Waals surface area contributed by atoms with Gasteiger partial charge in [-0.3, -0.25) is 9.59 Å². The average Bonchev–Trinajstić information content (AvgIpc) is 2.82. The van der Waals surface area contributed by atoms with Gasteiger partial charge in [-0.15, -0.1) is 0 Å². The first-order valence-electron chi connectivity index (χ1n) is 13.3. The van der Waals surface area contributed by atoms with Crippen LogP contribution in [0.1, 0.15) is 82.1 Å². The molecule has 0 spiro atoms. The first kappa shape index (κ1) is 27.2. The lowest BCUT2D eigenvalue weighted by molar-refractivity contribution is -0.120. The molecule has 0 radical (unpaired) electrons. The highest BCUT2D eigenvalue weighted by atomic mass is 35.5. The minimum Gasteiger partial charge on any atom is -0.490 e. The number of hydrogen-bond acceptors (Lipinski definition) is 6. The molecular weight excluding hydrogens is 516 g/mol. The lowest BCUT2D eigenvalue weighted by atomic mass is 9.65. The predicted molar refractivity (Wildman–Crippen MR) is 148 cm³/mol. The highest BCUT2D eigenvalue weighted by Gasteiger charge is 2.48. The summed E-state index contributed by atoms with van der Waals surface area (Å²) in [5.74, 6) is 0.803. The van der Waals surface area contributed by atoms with Gasteiger partial charge in [-0.05, 0) is 59.7 Å². The van der Waals surface area contributed by atoms with E-state index in [9.17, 15) is 14.4 Å². The van der Waals surface area contributed by atoms with E-state index in [4.69, 9.17) is 25.8 Å². The monoisotopic (exact) mass is 548 g/mol. The summed E-state index contributed by atoms with van der Waals surface area (Å²) in [7, 11) is 0. The lowest BCUT2D eigenvalue weighted by Crippen LogP contribution is -2.37. The Morgan fingerprint density at radius 2 is 1.44 bits per heavy atom. The van der Waals surface area contributed by atoms with Crippen molar-refractivity contribution in [3.8, 4) is 11.5 Å². The van der Waals surface area contributed by atoms with E-state index in [1.165, 1.54) is 0 Å². The second-order valence-corrected chi connectivity index (χ2v) is 12.6. The second-order valence-electron chi connectivity index (χ2n) is 12.1. The Morgan fingerprint density at radius 3 is 1.97 bits per heavy atom. The largest absolute Gasteiger partial charge is 0.490 e. The number of ketones is 2. The summed E-state index contributed by atoms with van der Waals surface area (Å²) in [5.41, 5.74) is 1.72. The minimum absolute atomic E-state index is 0.00774. The van der Waals surface area contributed by atoms with E-state index < -0.39 is 11.9 Å². The fraction of sp³-hybridized carbons (Fsp3) is 0.406. The Balaban J connectivity index is 1.59. The zero-order valence-corrected chi connectivity index (χ0v) is 23.7. The van der Waals surface area contributed by atoms with Crippen LogP contribution in [0.5, 0.6) is 11.5 Å². The van der Waals surface area contributed by atoms with Crippen LogP contribution in [0.3, 0.4) is 0 Å². The van der Waals surface area contributed by atoms with E-state index in [1.807, 2.05) is 6.92 Å². The van der Waals surface area contributed by atoms with Gasteiger partial charge in [0.1, 0.15) is 11.5 Å². The molecule has 0 amide bonds. The van der Waals surface area contributed by atoms with Crippen molar-refractivity contribution in [3.05, 3.63) is 81.3 Å². The molecule has 0 saturated heterocycles. The molecule has 0 bridgehead atoms. The number of rotatable bonds is 5. The molecule has 1 heterocycles. The molecule has 2 aromatic carbocycles. The van der Waals surface area contributed by atoms with Crippen LogP contribution in [-0.4, -0.2) is 24.1 Å². The Hall–Kier alpha value is -3.38. The van der Waals surface area contributed by atoms with Gasteiger partial charge in [0.15, 0.2) is 23.1 Å². The SMILES string of the molecule is CCOc1cc(C2C3=C(CC(C)(C)CC3=O)OC3=C2C(=O)CC(C)(C)C3)ccc1OC(=O)c1ccc(Cl)cc1. The van der Waals surface area contributed by atoms with Crippen LogP contribution in [0.2, 0.25) is 5.02 Å². The standard InChI is InChI=1S/C32H33ClO6/c1-6-37-24-13-19(9-12-23(24)39-30(36)18-7-10-20(33)11-8-18)27-28-21(34)14-31(2,3)16-25(28)38-26-17-32(4,5)15-22(35)29(26)27/h7-13,27H,6,14-17H2,1-5H3. The van der Waals surface area contributed by atoms with Gasteiger partial charge in [0, 0.05) is 47.8 Å². The maximum absolute atomic E-state index is 13.6. The van der Waals surface area contributed by atoms with Gasteiger partial charge in [-0.2, -0.15) is 0 Å². The van der Waals surface area contributed by atoms with Crippen molar-refractivity contribution in [1.82, 2.24) is 0 Å². The number of carbonyl (C=O) groups excluding carboxylic acids is 3. The highest BCUT2D eigenvalue weighted by Crippen LogP contribution is 2.53. The third-order valence-electron chi connectivity index (χ3n) is 7.47. The smallest absolute Gasteiger partial charge is 0.343 e. The number of Topliss-reactive ketones (excluding diaryl/α,β-unsaturated/α-hetero) is 2. The molecule has 0 aromatic heterocycles. The molecule has 0 saturated carbocycles. The van der Waals surface area contributed by atoms with Gasteiger partial charge in [-0.25, -0.2) is 4.79 Å². The van der Waals surface area contributed by atoms with E-state index in [2.05, 4.69) is 27.7 Å². The van der Waals surface area contributed by atoms with Crippen LogP contribution in [0.15, 0.2) is 65.1 Å². The lowest BCUT2D eigenvalue weighted by Gasteiger charge is -2.42. The Bertz CT molecular complexity index is 1380. The van der Waals surface area contributed by atoms with Crippen molar-refractivity contribution in [2.45, 2.75) is 66.2 Å². The van der Waals surface area contributed by atoms with Crippen LogP contribution in [0, 0.1) is 10.8 Å². The summed E-state index contributed by atoms with van der Waals surface area (Å²) in [6, 6.07) is 11.7. The third kappa shape index (κ3) is 5.40. The topological polar surface area (TPSA) is 78.9 Å². The van der Waals surface area contributed by atoms with Gasteiger partial charge in [0.2, 0.25) is 0 Å². The zero-order chi connectivity index (χ0) is 28.1. The molecule has 0 fully saturated rings. The molecule has 0 atom stereocenters. The summed E-state index contributed by atoms with van der Waals surface area (Å²) in [6.45, 7) is 10.4. The number of halogens is 1. The average molecular weight is 549 g/mol. The van der Waals surface area contributed by atoms with E-state index in [0.717, 1.165) is 5.56 Å². The Labute approximate surface area is 234 Å². The van der Waals surface area contributed by atoms with Gasteiger partial charge in [-0.1, -0.05) is 45.4 Å². The molecule has 3 aliphatic rings. The van der Waals surface area contributed by atoms with E-state index in [0.29, 0.717) is 71.3 Å². The predicted octanol–water partition coefficient (Wildman–Crippen LogP) is 7.36. The second kappa shape index (κ2) is 9.98. The van der Waals surface area contributed by atoms with Gasteiger partial charge in [0.05, 0.1) is 12.2 Å². The quantitative estimate of drug-likeness (QED) is 0.287. The number of benzene rings is 2. The van der Waals surface area contributed by atoms with Crippen molar-refractivity contribution >= 4 is 29.1 Å². The summed E-state index contributed by atoms with van der Waals surface area (Å²) in [4.78, 5) is 39.9. The van der Waals surface area contributed by atoms with Gasteiger partial charge < -0.3 is 14.2 Å². The maximum atomic E-state index is 13.6. The zero-order valence-electron chi connectivity index (χ0n) is 23.0. The summed E-state index contributed by atoms with van der Waals surface area (Å²) in [6.07, 6.45) is 1.99. The molecular formula is C32H33ClO6. The molecule has 7 heteroatoms. The van der Waals surface area contributed by atoms with Crippen LogP contribution in [-0.2, 0) is 14.3 Å². The maximum Gasteiger partial charge on any atom is 0.343 e. The molecule has 39 heavy (non-hydrogen) atoms. The molecule has 6 nitrogen and oxygen atoms in total. The minimum atomic E-state index is -0.559. The van der Waals surface area contributed by atoms with Crippen LogP contribution >= 0.6 is 11.6 Å². The fourth-order valence-electron chi connectivity index (χ4n) is 5.81. The van der Waals surface area contributed by atoms with Crippen LogP contribution in [0.4, 0.5) is 0 Å². The Morgan fingerprint density at radius 1 is 0.872 bits per heavy atom. The molecule has 1 aliphatic heterocycles. The van der Waals surface area contributed by atoms with Crippen molar-refractivity contribution < 1.29 is 28.6 Å². The fourth-order valence-corrected chi connectivity index (χ4v) is 5.94. The summed E-state index contributed by atoms with van der Waals surface area (Å²) < 4.78 is 17.9. The first-order valence-corrected chi connectivity index (χ1v) is 13.7. The van der Waals surface area contributed by atoms with E-state index in [1.54, 1.807) is 42.5 Å². The molecule has 0 unspecified atom stereocenters. The van der Waals surface area contributed by atoms with E-state index >= 15 is 0 Å². The van der Waals surface area contributed by atoms with Crippen molar-refractivity contribution in [2.75, 3.05) is 6.61 Å². The van der Waals surface area contributed by atoms with Crippen LogP contribution < -0.4 is 9.47 Å². The van der Waals surface area contributed by atoms with Crippen molar-refractivity contribution in [1.29, 1.82) is 0 Å². The number of ether oxygens (including phenoxy) is 3. The van der Waals surface area contributed by atoms with Crippen molar-refractivity contribution in [2.24, 2.45) is 10.8 Å². The Kier molecular flexibility index (Phi) is 6.96. The van der Waals surface area contributed by atoms with Crippen LogP contribution in [0.25, 0.3) is 0 Å². The third-order valence-corrected chi connectivity index (χ3v) is 7.72. The molecule has 5 rings (SSSR count). The van der Waals surface area contributed by atoms with Crippen molar-refractivity contribution in [3.63, 3.8) is 0 Å². The first-order chi connectivity index (χ1) is 18.4. The number of allylic oxidation sites excluding steroid dienone is 4. The number of hydrogen-bond donors (Lipinski definition) is 0. The normalized spacial score (nSPS) is 20.3. The molecule has 2 aliphatic carbocycles. The van der Waals surface area contributed by atoms with Gasteiger partial charge >= 0.3 is 5.97 Å². The molecule has 204 valence electrons. The molecule has 0 N–H and O–H groups in total. The molecule has 2 aromatic rings. The van der Waals surface area contributed by atoms with E-state index in [-0.39, 0.29) is 28.1 Å². The summed E-state index contributed by atoms with van der Waals surface area (Å²) in [5, 5.41) is 0.519. The highest BCUT2D eigenvalue weighted by molar-refractivity contribution is 6.30. The number of carbonyl (C=O) groups is 3. The summed E-state index contributed by atoms with van der Waals surface area (Å²) >= 11 is 5.95. The van der Waals surface area contributed by atoms with Gasteiger partial charge in [0.25, 0.3) is 0 Å².